The van der Waals surface area contributed by atoms with Crippen LogP contribution in [0, 0.1) is 0 Å². The number of pyridine rings is 1. The summed E-state index contributed by atoms with van der Waals surface area (Å²) in [6, 6.07) is 12.0. The average molecular weight is 434 g/mol. The number of hydrogen-bond donors (Lipinski definition) is 1. The summed E-state index contributed by atoms with van der Waals surface area (Å²) < 4.78 is 0. The lowest BCUT2D eigenvalue weighted by molar-refractivity contribution is -0.117. The van der Waals surface area contributed by atoms with Crippen LogP contribution in [0.4, 0.5) is 11.5 Å². The van der Waals surface area contributed by atoms with Crippen LogP contribution < -0.4 is 10.2 Å². The third-order valence-electron chi connectivity index (χ3n) is 6.85. The molecule has 2 saturated heterocycles. The van der Waals surface area contributed by atoms with Crippen LogP contribution in [0.25, 0.3) is 0 Å². The number of amides is 2. The highest BCUT2D eigenvalue weighted by molar-refractivity contribution is 6.04. The van der Waals surface area contributed by atoms with Gasteiger partial charge >= 0.3 is 0 Å². The van der Waals surface area contributed by atoms with Crippen molar-refractivity contribution in [3.8, 4) is 0 Å². The Hall–Kier alpha value is -2.93. The zero-order valence-corrected chi connectivity index (χ0v) is 18.5. The zero-order valence-electron chi connectivity index (χ0n) is 18.5. The first kappa shape index (κ1) is 20.9. The molecule has 0 saturated carbocycles. The van der Waals surface area contributed by atoms with Gasteiger partial charge < -0.3 is 20.0 Å². The summed E-state index contributed by atoms with van der Waals surface area (Å²) in [5.41, 5.74) is 2.29. The van der Waals surface area contributed by atoms with Gasteiger partial charge in [-0.15, -0.1) is 0 Å². The number of carbonyl (C=O) groups excluding carboxylic acids is 2. The Labute approximate surface area is 189 Å². The second-order valence-corrected chi connectivity index (χ2v) is 9.07. The molecule has 4 heterocycles. The van der Waals surface area contributed by atoms with Gasteiger partial charge in [-0.3, -0.25) is 9.59 Å². The summed E-state index contributed by atoms with van der Waals surface area (Å²) in [5, 5.41) is 3.10. The van der Waals surface area contributed by atoms with Gasteiger partial charge in [-0.25, -0.2) is 4.98 Å². The number of carbonyl (C=O) groups is 2. The van der Waals surface area contributed by atoms with E-state index >= 15 is 0 Å². The van der Waals surface area contributed by atoms with Crippen LogP contribution >= 0.6 is 0 Å². The average Bonchev–Trinajstić information content (AvgIpc) is 3.34. The van der Waals surface area contributed by atoms with E-state index in [1.807, 2.05) is 41.3 Å². The number of rotatable bonds is 5. The molecule has 7 nitrogen and oxygen atoms in total. The highest BCUT2D eigenvalue weighted by Crippen LogP contribution is 2.31. The summed E-state index contributed by atoms with van der Waals surface area (Å²) in [4.78, 5) is 37.1. The molecule has 0 bridgehead atoms. The number of anilines is 2. The number of hydrogen-bond acceptors (Lipinski definition) is 5. The Bertz CT molecular complexity index is 974. The van der Waals surface area contributed by atoms with Gasteiger partial charge in [-0.2, -0.15) is 0 Å². The van der Waals surface area contributed by atoms with E-state index in [0.29, 0.717) is 23.6 Å². The molecule has 1 aromatic carbocycles. The van der Waals surface area contributed by atoms with Crippen LogP contribution in [-0.2, 0) is 11.3 Å². The first-order valence-corrected chi connectivity index (χ1v) is 11.8. The lowest BCUT2D eigenvalue weighted by atomic mass is 10.00. The maximum Gasteiger partial charge on any atom is 0.255 e. The van der Waals surface area contributed by atoms with Crippen molar-refractivity contribution >= 4 is 23.3 Å². The number of fused-ring (bicyclic) bond motifs is 1. The van der Waals surface area contributed by atoms with E-state index in [2.05, 4.69) is 15.2 Å². The SMILES string of the molecule is O=C1CNc2ncc(C(=O)N3CCCCC3CN3CCCC3)cc2N1Cc1ccccc1. The molecule has 1 atom stereocenters. The first-order valence-electron chi connectivity index (χ1n) is 11.8. The van der Waals surface area contributed by atoms with Gasteiger partial charge in [0.25, 0.3) is 5.91 Å². The van der Waals surface area contributed by atoms with Gasteiger partial charge in [0.1, 0.15) is 0 Å². The quantitative estimate of drug-likeness (QED) is 0.785. The Balaban J connectivity index is 1.39. The fraction of sp³-hybridized carbons (Fsp3) is 0.480. The fourth-order valence-electron chi connectivity index (χ4n) is 5.13. The van der Waals surface area contributed by atoms with Crippen molar-refractivity contribution in [1.82, 2.24) is 14.8 Å². The third kappa shape index (κ3) is 4.35. The van der Waals surface area contributed by atoms with Crippen LogP contribution in [0.5, 0.6) is 0 Å². The molecule has 3 aliphatic rings. The molecule has 0 spiro atoms. The molecule has 2 aromatic rings. The number of aromatic nitrogens is 1. The van der Waals surface area contributed by atoms with Crippen LogP contribution in [0.3, 0.4) is 0 Å². The van der Waals surface area contributed by atoms with Gasteiger partial charge in [-0.1, -0.05) is 30.3 Å². The molecule has 1 aromatic heterocycles. The molecule has 0 radical (unpaired) electrons. The summed E-state index contributed by atoms with van der Waals surface area (Å²) in [6.07, 6.45) is 7.45. The number of nitrogens with zero attached hydrogens (tertiary/aromatic N) is 4. The number of piperidine rings is 1. The normalized spacial score (nSPS) is 21.4. The topological polar surface area (TPSA) is 68.8 Å². The van der Waals surface area contributed by atoms with E-state index in [9.17, 15) is 9.59 Å². The summed E-state index contributed by atoms with van der Waals surface area (Å²) in [5.74, 6) is 0.670. The minimum atomic E-state index is -0.0161. The Morgan fingerprint density at radius 3 is 2.66 bits per heavy atom. The molecule has 2 fully saturated rings. The molecule has 7 heteroatoms. The monoisotopic (exact) mass is 433 g/mol. The van der Waals surface area contributed by atoms with Gasteiger partial charge in [0.2, 0.25) is 5.91 Å². The molecule has 168 valence electrons. The largest absolute Gasteiger partial charge is 0.359 e. The Morgan fingerprint density at radius 2 is 1.84 bits per heavy atom. The predicted octanol–water partition coefficient (Wildman–Crippen LogP) is 3.13. The van der Waals surface area contributed by atoms with E-state index in [1.165, 1.54) is 19.3 Å². The van der Waals surface area contributed by atoms with Crippen molar-refractivity contribution in [3.05, 3.63) is 53.7 Å². The minimum Gasteiger partial charge on any atom is -0.359 e. The molecule has 2 amide bonds. The Morgan fingerprint density at radius 1 is 1.06 bits per heavy atom. The van der Waals surface area contributed by atoms with Gasteiger partial charge in [0.15, 0.2) is 5.82 Å². The molecular weight excluding hydrogens is 402 g/mol. The van der Waals surface area contributed by atoms with Crippen LogP contribution in [0.15, 0.2) is 42.6 Å². The summed E-state index contributed by atoms with van der Waals surface area (Å²) >= 11 is 0. The number of likely N-dealkylation sites (tertiary alicyclic amines) is 2. The smallest absolute Gasteiger partial charge is 0.255 e. The van der Waals surface area contributed by atoms with E-state index in [4.69, 9.17) is 0 Å². The van der Waals surface area contributed by atoms with Crippen LogP contribution in [0.1, 0.15) is 48.0 Å². The van der Waals surface area contributed by atoms with Crippen LogP contribution in [0.2, 0.25) is 0 Å². The highest BCUT2D eigenvalue weighted by Gasteiger charge is 2.32. The standard InChI is InChI=1S/C25H31N5O2/c31-23-16-27-24-22(30(23)17-19-8-2-1-3-9-19)14-20(15-26-24)25(32)29-13-5-4-10-21(29)18-28-11-6-7-12-28/h1-3,8-9,14-15,21H,4-7,10-13,16-18H2,(H,26,27). The highest BCUT2D eigenvalue weighted by atomic mass is 16.2. The fourth-order valence-corrected chi connectivity index (χ4v) is 5.13. The molecule has 3 aliphatic heterocycles. The molecular formula is C25H31N5O2. The van der Waals surface area contributed by atoms with Crippen molar-refractivity contribution in [2.75, 3.05) is 42.9 Å². The van der Waals surface area contributed by atoms with Crippen molar-refractivity contribution in [2.45, 2.75) is 44.7 Å². The molecule has 1 unspecified atom stereocenters. The maximum absolute atomic E-state index is 13.6. The van der Waals surface area contributed by atoms with E-state index in [0.717, 1.165) is 44.6 Å². The lowest BCUT2D eigenvalue weighted by Crippen LogP contribution is -2.49. The number of benzene rings is 1. The third-order valence-corrected chi connectivity index (χ3v) is 6.85. The lowest BCUT2D eigenvalue weighted by Gasteiger charge is -2.38. The summed E-state index contributed by atoms with van der Waals surface area (Å²) in [7, 11) is 0. The Kier molecular flexibility index (Phi) is 6.08. The maximum atomic E-state index is 13.6. The van der Waals surface area contributed by atoms with E-state index in [-0.39, 0.29) is 24.4 Å². The predicted molar refractivity (Wildman–Crippen MR) is 125 cm³/mol. The number of nitrogens with one attached hydrogen (secondary N) is 1. The summed E-state index contributed by atoms with van der Waals surface area (Å²) in [6.45, 7) is 4.71. The molecule has 1 N–H and O–H groups in total. The van der Waals surface area contributed by atoms with Crippen molar-refractivity contribution in [3.63, 3.8) is 0 Å². The van der Waals surface area contributed by atoms with Crippen LogP contribution in [-0.4, -0.2) is 65.4 Å². The van der Waals surface area contributed by atoms with Gasteiger partial charge in [-0.05, 0) is 56.8 Å². The zero-order chi connectivity index (χ0) is 21.9. The molecule has 0 aliphatic carbocycles. The van der Waals surface area contributed by atoms with Crippen molar-refractivity contribution < 1.29 is 9.59 Å². The van der Waals surface area contributed by atoms with E-state index in [1.54, 1.807) is 11.1 Å². The minimum absolute atomic E-state index is 0.0161. The van der Waals surface area contributed by atoms with Crippen molar-refractivity contribution in [1.29, 1.82) is 0 Å². The van der Waals surface area contributed by atoms with Gasteiger partial charge in [0, 0.05) is 25.3 Å². The second-order valence-electron chi connectivity index (χ2n) is 9.07. The molecule has 32 heavy (non-hydrogen) atoms. The first-order chi connectivity index (χ1) is 15.7. The van der Waals surface area contributed by atoms with Crippen molar-refractivity contribution in [2.24, 2.45) is 0 Å². The van der Waals surface area contributed by atoms with Gasteiger partial charge in [0.05, 0.1) is 24.3 Å². The van der Waals surface area contributed by atoms with E-state index < -0.39 is 0 Å². The molecule has 5 rings (SSSR count). The second kappa shape index (κ2) is 9.28.